The molecule has 1 atom stereocenters. The zero-order chi connectivity index (χ0) is 10.7. The van der Waals surface area contributed by atoms with E-state index in [0.717, 1.165) is 12.1 Å². The van der Waals surface area contributed by atoms with Crippen molar-refractivity contribution in [2.24, 2.45) is 5.73 Å². The van der Waals surface area contributed by atoms with Crippen LogP contribution in [0.2, 0.25) is 0 Å². The average molecular weight is 244 g/mol. The van der Waals surface area contributed by atoms with E-state index in [0.29, 0.717) is 6.07 Å². The van der Waals surface area contributed by atoms with Gasteiger partial charge in [-0.3, -0.25) is 0 Å². The van der Waals surface area contributed by atoms with E-state index in [4.69, 9.17) is 5.73 Å². The lowest BCUT2D eigenvalue weighted by molar-refractivity contribution is 0.128. The van der Waals surface area contributed by atoms with Crippen LogP contribution in [-0.4, -0.2) is 6.43 Å². The minimum atomic E-state index is -2.60. The topological polar surface area (TPSA) is 26.0 Å². The Balaban J connectivity index is 0.00000196. The van der Waals surface area contributed by atoms with Crippen LogP contribution in [0, 0.1) is 11.6 Å². The van der Waals surface area contributed by atoms with Crippen molar-refractivity contribution >= 4 is 12.4 Å². The first-order valence-corrected chi connectivity index (χ1v) is 3.99. The van der Waals surface area contributed by atoms with E-state index in [2.05, 4.69) is 0 Å². The quantitative estimate of drug-likeness (QED) is 0.812. The number of hydrogen-bond acceptors (Lipinski definition) is 1. The van der Waals surface area contributed by atoms with Gasteiger partial charge in [0, 0.05) is 24.1 Å². The molecule has 0 unspecified atom stereocenters. The van der Waals surface area contributed by atoms with Crippen molar-refractivity contribution < 1.29 is 17.6 Å². The lowest BCUT2D eigenvalue weighted by Crippen LogP contribution is -2.15. The van der Waals surface area contributed by atoms with Crippen molar-refractivity contribution in [2.45, 2.75) is 18.9 Å². The molecule has 0 bridgehead atoms. The van der Waals surface area contributed by atoms with Gasteiger partial charge in [0.2, 0.25) is 6.43 Å². The number of alkyl halides is 2. The minimum absolute atomic E-state index is 0. The summed E-state index contributed by atoms with van der Waals surface area (Å²) in [7, 11) is 0. The van der Waals surface area contributed by atoms with Crippen LogP contribution >= 0.6 is 12.4 Å². The van der Waals surface area contributed by atoms with E-state index in [1.54, 1.807) is 0 Å². The molecule has 0 aliphatic carbocycles. The van der Waals surface area contributed by atoms with Gasteiger partial charge in [-0.15, -0.1) is 12.4 Å². The van der Waals surface area contributed by atoms with Gasteiger partial charge in [-0.1, -0.05) is 6.07 Å². The maximum absolute atomic E-state index is 13.0. The number of hydrogen-bond donors (Lipinski definition) is 1. The van der Waals surface area contributed by atoms with E-state index in [1.807, 2.05) is 0 Å². The summed E-state index contributed by atoms with van der Waals surface area (Å²) in [6.07, 6.45) is -3.24. The molecule has 6 heteroatoms. The Morgan fingerprint density at radius 2 is 1.80 bits per heavy atom. The first kappa shape index (κ1) is 14.2. The molecule has 1 nitrogen and oxygen atoms in total. The maximum atomic E-state index is 13.0. The molecule has 0 amide bonds. The van der Waals surface area contributed by atoms with Gasteiger partial charge in [-0.25, -0.2) is 17.6 Å². The summed E-state index contributed by atoms with van der Waals surface area (Å²) in [5.74, 6) is -1.64. The molecule has 1 aromatic carbocycles. The Bertz CT molecular complexity index is 319. The molecule has 0 saturated heterocycles. The third kappa shape index (κ3) is 4.05. The summed E-state index contributed by atoms with van der Waals surface area (Å²) in [6.45, 7) is 0. The van der Waals surface area contributed by atoms with Crippen LogP contribution in [0.25, 0.3) is 0 Å². The van der Waals surface area contributed by atoms with Gasteiger partial charge in [0.15, 0.2) is 0 Å². The van der Waals surface area contributed by atoms with E-state index < -0.39 is 30.5 Å². The predicted molar refractivity (Wildman–Crippen MR) is 51.2 cm³/mol. The van der Waals surface area contributed by atoms with Gasteiger partial charge in [0.05, 0.1) is 0 Å². The normalized spacial score (nSPS) is 12.4. The van der Waals surface area contributed by atoms with Gasteiger partial charge < -0.3 is 5.73 Å². The summed E-state index contributed by atoms with van der Waals surface area (Å²) < 4.78 is 49.2. The molecule has 0 aromatic heterocycles. The van der Waals surface area contributed by atoms with Crippen molar-refractivity contribution in [3.8, 4) is 0 Å². The Hall–Kier alpha value is -0.810. The molecule has 86 valence electrons. The average Bonchev–Trinajstić information content (AvgIpc) is 2.01. The second kappa shape index (κ2) is 5.92. The highest BCUT2D eigenvalue weighted by molar-refractivity contribution is 5.85. The molecular weight excluding hydrogens is 234 g/mol. The number of benzene rings is 1. The van der Waals surface area contributed by atoms with Crippen LogP contribution in [0.15, 0.2) is 18.2 Å². The van der Waals surface area contributed by atoms with Crippen molar-refractivity contribution in [3.63, 3.8) is 0 Å². The van der Waals surface area contributed by atoms with Crippen LogP contribution in [0.4, 0.5) is 17.6 Å². The molecule has 1 aromatic rings. The molecule has 0 heterocycles. The highest BCUT2D eigenvalue weighted by Crippen LogP contribution is 2.21. The Labute approximate surface area is 90.7 Å². The van der Waals surface area contributed by atoms with Gasteiger partial charge in [0.25, 0.3) is 0 Å². The van der Waals surface area contributed by atoms with Gasteiger partial charge in [-0.05, 0) is 6.07 Å². The third-order valence-electron chi connectivity index (χ3n) is 1.79. The van der Waals surface area contributed by atoms with Crippen LogP contribution in [-0.2, 0) is 0 Å². The SMILES string of the molecule is Cl.N[C@H](CC(F)F)c1ccc(F)cc1F. The zero-order valence-corrected chi connectivity index (χ0v) is 8.41. The minimum Gasteiger partial charge on any atom is -0.324 e. The summed E-state index contributed by atoms with van der Waals surface area (Å²) in [5, 5.41) is 0. The molecule has 0 saturated carbocycles. The Morgan fingerprint density at radius 1 is 1.20 bits per heavy atom. The van der Waals surface area contributed by atoms with E-state index in [1.165, 1.54) is 0 Å². The fourth-order valence-corrected chi connectivity index (χ4v) is 1.12. The number of rotatable bonds is 3. The van der Waals surface area contributed by atoms with Gasteiger partial charge >= 0.3 is 0 Å². The number of nitrogens with two attached hydrogens (primary N) is 1. The molecule has 1 rings (SSSR count). The molecule has 0 aliphatic heterocycles. The van der Waals surface area contributed by atoms with Gasteiger partial charge in [-0.2, -0.15) is 0 Å². The highest BCUT2D eigenvalue weighted by atomic mass is 35.5. The van der Waals surface area contributed by atoms with Crippen molar-refractivity contribution in [1.82, 2.24) is 0 Å². The fraction of sp³-hybridized carbons (Fsp3) is 0.333. The largest absolute Gasteiger partial charge is 0.324 e. The lowest BCUT2D eigenvalue weighted by atomic mass is 10.0. The van der Waals surface area contributed by atoms with Crippen molar-refractivity contribution in [2.75, 3.05) is 0 Å². The summed E-state index contributed by atoms with van der Waals surface area (Å²) >= 11 is 0. The fourth-order valence-electron chi connectivity index (χ4n) is 1.12. The zero-order valence-electron chi connectivity index (χ0n) is 7.59. The first-order valence-electron chi connectivity index (χ1n) is 3.99. The van der Waals surface area contributed by atoms with Crippen molar-refractivity contribution in [1.29, 1.82) is 0 Å². The molecule has 0 spiro atoms. The van der Waals surface area contributed by atoms with Gasteiger partial charge in [0.1, 0.15) is 11.6 Å². The maximum Gasteiger partial charge on any atom is 0.240 e. The highest BCUT2D eigenvalue weighted by Gasteiger charge is 2.16. The summed E-state index contributed by atoms with van der Waals surface area (Å²) in [6, 6.07) is 1.60. The van der Waals surface area contributed by atoms with Crippen molar-refractivity contribution in [3.05, 3.63) is 35.4 Å². The predicted octanol–water partition coefficient (Wildman–Crippen LogP) is 3.04. The van der Waals surface area contributed by atoms with Crippen LogP contribution < -0.4 is 5.73 Å². The lowest BCUT2D eigenvalue weighted by Gasteiger charge is -2.11. The van der Waals surface area contributed by atoms with Crippen LogP contribution in [0.3, 0.4) is 0 Å². The summed E-state index contributed by atoms with van der Waals surface area (Å²) in [4.78, 5) is 0. The molecule has 0 radical (unpaired) electrons. The van der Waals surface area contributed by atoms with E-state index in [9.17, 15) is 17.6 Å². The number of halogens is 5. The first-order chi connectivity index (χ1) is 6.50. The smallest absolute Gasteiger partial charge is 0.240 e. The van der Waals surface area contributed by atoms with E-state index >= 15 is 0 Å². The molecule has 2 N–H and O–H groups in total. The Kier molecular flexibility index (Phi) is 5.60. The second-order valence-corrected chi connectivity index (χ2v) is 2.90. The monoisotopic (exact) mass is 243 g/mol. The third-order valence-corrected chi connectivity index (χ3v) is 1.79. The molecular formula is C9H10ClF4N. The molecule has 0 fully saturated rings. The molecule has 0 aliphatic rings. The Morgan fingerprint density at radius 3 is 2.27 bits per heavy atom. The second-order valence-electron chi connectivity index (χ2n) is 2.90. The standard InChI is InChI=1S/C9H9F4N.ClH/c10-5-1-2-6(7(11)3-5)8(14)4-9(12)13;/h1-3,8-9H,4,14H2;1H/t8-;/m1./s1. The molecule has 15 heavy (non-hydrogen) atoms. The van der Waals surface area contributed by atoms with Crippen LogP contribution in [0.5, 0.6) is 0 Å². The van der Waals surface area contributed by atoms with E-state index in [-0.39, 0.29) is 18.0 Å². The van der Waals surface area contributed by atoms with Crippen LogP contribution in [0.1, 0.15) is 18.0 Å². The summed E-state index contributed by atoms with van der Waals surface area (Å²) in [5.41, 5.74) is 5.21.